The van der Waals surface area contributed by atoms with Crippen LogP contribution in [0.4, 0.5) is 4.79 Å². The average Bonchev–Trinajstić information content (AvgIpc) is 2.44. The van der Waals surface area contributed by atoms with Gasteiger partial charge in [0, 0.05) is 11.3 Å². The van der Waals surface area contributed by atoms with Gasteiger partial charge in [-0.2, -0.15) is 0 Å². The van der Waals surface area contributed by atoms with E-state index in [1.165, 1.54) is 6.92 Å². The van der Waals surface area contributed by atoms with E-state index in [2.05, 4.69) is 5.32 Å². The van der Waals surface area contributed by atoms with Gasteiger partial charge in [-0.3, -0.25) is 4.79 Å². The van der Waals surface area contributed by atoms with Gasteiger partial charge in [0.15, 0.2) is 5.78 Å². The summed E-state index contributed by atoms with van der Waals surface area (Å²) in [6, 6.07) is 6.25. The molecule has 3 N–H and O–H groups in total. The summed E-state index contributed by atoms with van der Waals surface area (Å²) in [4.78, 5) is 23.7. The van der Waals surface area contributed by atoms with Crippen molar-refractivity contribution in [2.24, 2.45) is 5.84 Å². The molecule has 0 unspecified atom stereocenters. The van der Waals surface area contributed by atoms with Gasteiger partial charge in [-0.15, -0.1) is 0 Å². The Kier molecular flexibility index (Phi) is 3.76. The van der Waals surface area contributed by atoms with Crippen LogP contribution < -0.4 is 15.9 Å². The Morgan fingerprint density at radius 3 is 2.45 bits per heavy atom. The van der Waals surface area contributed by atoms with Crippen LogP contribution in [0.15, 0.2) is 35.5 Å². The number of ether oxygens (including phenoxy) is 1. The summed E-state index contributed by atoms with van der Waals surface area (Å²) in [7, 11) is 1.58. The largest absolute Gasteiger partial charge is 0.497 e. The van der Waals surface area contributed by atoms with Crippen LogP contribution in [0.2, 0.25) is 0 Å². The van der Waals surface area contributed by atoms with Crippen molar-refractivity contribution in [2.45, 2.75) is 19.9 Å². The number of hydrogen-bond donors (Lipinski definition) is 2. The highest BCUT2D eigenvalue weighted by Crippen LogP contribution is 2.30. The molecule has 0 saturated heterocycles. The number of carbonyl (C=O) groups excluding carboxylic acids is 2. The molecule has 1 heterocycles. The van der Waals surface area contributed by atoms with E-state index in [0.29, 0.717) is 17.0 Å². The van der Waals surface area contributed by atoms with Crippen LogP contribution in [-0.4, -0.2) is 23.9 Å². The number of Topliss-reactive ketones (excluding diaryl/α,β-unsaturated/α-hetero) is 1. The molecule has 1 aliphatic heterocycles. The van der Waals surface area contributed by atoms with Crippen LogP contribution in [0.1, 0.15) is 25.5 Å². The molecule has 0 saturated carbocycles. The normalized spacial score (nSPS) is 18.9. The van der Waals surface area contributed by atoms with Crippen LogP contribution >= 0.6 is 0 Å². The lowest BCUT2D eigenvalue weighted by molar-refractivity contribution is -0.114. The fourth-order valence-corrected chi connectivity index (χ4v) is 2.26. The molecular weight excluding hydrogens is 258 g/mol. The molecule has 6 heteroatoms. The van der Waals surface area contributed by atoms with Crippen LogP contribution in [-0.2, 0) is 4.79 Å². The summed E-state index contributed by atoms with van der Waals surface area (Å²) >= 11 is 0. The molecule has 0 radical (unpaired) electrons. The molecule has 6 nitrogen and oxygen atoms in total. The molecule has 0 bridgehead atoms. The minimum Gasteiger partial charge on any atom is -0.497 e. The van der Waals surface area contributed by atoms with Gasteiger partial charge in [0.05, 0.1) is 13.2 Å². The fraction of sp³-hybridized carbons (Fsp3) is 0.286. The number of rotatable bonds is 3. The predicted molar refractivity (Wildman–Crippen MR) is 73.7 cm³/mol. The smallest absolute Gasteiger partial charge is 0.336 e. The number of hydrazine groups is 1. The Balaban J connectivity index is 2.47. The highest BCUT2D eigenvalue weighted by atomic mass is 16.5. The molecule has 2 amide bonds. The number of nitrogens with one attached hydrogen (secondary N) is 1. The van der Waals surface area contributed by atoms with Crippen LogP contribution in [0.3, 0.4) is 0 Å². The van der Waals surface area contributed by atoms with Gasteiger partial charge in [-0.05, 0) is 31.5 Å². The predicted octanol–water partition coefficient (Wildman–Crippen LogP) is 1.50. The van der Waals surface area contributed by atoms with E-state index < -0.39 is 12.1 Å². The van der Waals surface area contributed by atoms with Crippen LogP contribution in [0.25, 0.3) is 0 Å². The summed E-state index contributed by atoms with van der Waals surface area (Å²) in [5.74, 6) is 6.21. The van der Waals surface area contributed by atoms with Crippen molar-refractivity contribution in [1.82, 2.24) is 10.3 Å². The summed E-state index contributed by atoms with van der Waals surface area (Å²) in [5.41, 5.74) is 1.75. The van der Waals surface area contributed by atoms with E-state index in [1.807, 2.05) is 12.1 Å². The molecule has 1 aromatic rings. The van der Waals surface area contributed by atoms with Gasteiger partial charge in [0.1, 0.15) is 5.75 Å². The van der Waals surface area contributed by atoms with Crippen molar-refractivity contribution in [2.75, 3.05) is 7.11 Å². The molecular formula is C14H17N3O3. The van der Waals surface area contributed by atoms with E-state index in [9.17, 15) is 9.59 Å². The van der Waals surface area contributed by atoms with Gasteiger partial charge in [-0.25, -0.2) is 15.6 Å². The Bertz CT molecular complexity index is 578. The number of urea groups is 1. The summed E-state index contributed by atoms with van der Waals surface area (Å²) < 4.78 is 5.10. The summed E-state index contributed by atoms with van der Waals surface area (Å²) in [6.07, 6.45) is 0. The standard InChI is InChI=1S/C14H17N3O3/c1-8-12(9(2)18)13(16-14(19)17(8)15)10-4-6-11(20-3)7-5-10/h4-7,13H,15H2,1-3H3,(H,16,19)/t13-/m0/s1. The highest BCUT2D eigenvalue weighted by Gasteiger charge is 2.32. The number of ketones is 1. The number of hydrogen-bond acceptors (Lipinski definition) is 4. The van der Waals surface area contributed by atoms with Crippen molar-refractivity contribution in [1.29, 1.82) is 0 Å². The van der Waals surface area contributed by atoms with Crippen molar-refractivity contribution in [3.8, 4) is 5.75 Å². The summed E-state index contributed by atoms with van der Waals surface area (Å²) in [6.45, 7) is 3.12. The van der Waals surface area contributed by atoms with Gasteiger partial charge in [0.2, 0.25) is 0 Å². The first kappa shape index (κ1) is 14.1. The molecule has 106 valence electrons. The lowest BCUT2D eigenvalue weighted by atomic mass is 9.93. The number of benzene rings is 1. The van der Waals surface area contributed by atoms with Gasteiger partial charge in [-0.1, -0.05) is 12.1 Å². The second kappa shape index (κ2) is 5.34. The molecule has 1 aliphatic rings. The Hall–Kier alpha value is -2.34. The van der Waals surface area contributed by atoms with Gasteiger partial charge < -0.3 is 10.1 Å². The highest BCUT2D eigenvalue weighted by molar-refractivity contribution is 5.98. The first-order chi connectivity index (χ1) is 9.45. The van der Waals surface area contributed by atoms with Crippen LogP contribution in [0, 0.1) is 0 Å². The molecule has 1 aromatic carbocycles. The molecule has 2 rings (SSSR count). The van der Waals surface area contributed by atoms with Crippen molar-refractivity contribution in [3.63, 3.8) is 0 Å². The molecule has 0 fully saturated rings. The number of nitrogens with zero attached hydrogens (tertiary/aromatic N) is 1. The van der Waals surface area contributed by atoms with E-state index in [-0.39, 0.29) is 5.78 Å². The second-order valence-corrected chi connectivity index (χ2v) is 4.58. The fourth-order valence-electron chi connectivity index (χ4n) is 2.26. The molecule has 0 aromatic heterocycles. The van der Waals surface area contributed by atoms with Crippen molar-refractivity contribution < 1.29 is 14.3 Å². The van der Waals surface area contributed by atoms with E-state index in [1.54, 1.807) is 26.2 Å². The molecule has 0 spiro atoms. The Morgan fingerprint density at radius 2 is 1.95 bits per heavy atom. The van der Waals surface area contributed by atoms with E-state index in [4.69, 9.17) is 10.6 Å². The zero-order valence-electron chi connectivity index (χ0n) is 11.6. The first-order valence-corrected chi connectivity index (χ1v) is 6.16. The van der Waals surface area contributed by atoms with E-state index >= 15 is 0 Å². The number of allylic oxidation sites excluding steroid dienone is 1. The lowest BCUT2D eigenvalue weighted by Crippen LogP contribution is -2.50. The molecule has 0 aliphatic carbocycles. The zero-order valence-corrected chi connectivity index (χ0v) is 11.6. The molecule has 20 heavy (non-hydrogen) atoms. The maximum absolute atomic E-state index is 11.9. The topological polar surface area (TPSA) is 84.7 Å². The number of methoxy groups -OCH3 is 1. The summed E-state index contributed by atoms with van der Waals surface area (Å²) in [5, 5.41) is 3.68. The van der Waals surface area contributed by atoms with Crippen molar-refractivity contribution >= 4 is 11.8 Å². The second-order valence-electron chi connectivity index (χ2n) is 4.58. The van der Waals surface area contributed by atoms with Gasteiger partial charge >= 0.3 is 6.03 Å². The molecule has 1 atom stereocenters. The zero-order chi connectivity index (χ0) is 14.9. The minimum atomic E-state index is -0.495. The van der Waals surface area contributed by atoms with Gasteiger partial charge in [0.25, 0.3) is 0 Å². The van der Waals surface area contributed by atoms with Crippen LogP contribution in [0.5, 0.6) is 5.75 Å². The maximum atomic E-state index is 11.9. The number of amides is 2. The average molecular weight is 275 g/mol. The minimum absolute atomic E-state index is 0.126. The SMILES string of the molecule is COc1ccc([C@@H]2NC(=O)N(N)C(C)=C2C(C)=O)cc1. The number of carbonyl (C=O) groups is 2. The Labute approximate surface area is 117 Å². The third kappa shape index (κ3) is 2.37. The monoisotopic (exact) mass is 275 g/mol. The quantitative estimate of drug-likeness (QED) is 0.646. The number of nitrogens with two attached hydrogens (primary N) is 1. The lowest BCUT2D eigenvalue weighted by Gasteiger charge is -2.32. The third-order valence-corrected chi connectivity index (χ3v) is 3.35. The Morgan fingerprint density at radius 1 is 1.35 bits per heavy atom. The first-order valence-electron chi connectivity index (χ1n) is 6.16. The maximum Gasteiger partial charge on any atom is 0.336 e. The third-order valence-electron chi connectivity index (χ3n) is 3.35. The van der Waals surface area contributed by atoms with Crippen molar-refractivity contribution in [3.05, 3.63) is 41.1 Å². The van der Waals surface area contributed by atoms with E-state index in [0.717, 1.165) is 10.6 Å².